The van der Waals surface area contributed by atoms with Gasteiger partial charge in [0.05, 0.1) is 11.0 Å². The highest BCUT2D eigenvalue weighted by Crippen LogP contribution is 2.46. The van der Waals surface area contributed by atoms with E-state index < -0.39 is 0 Å². The molecule has 10 rings (SSSR count). The van der Waals surface area contributed by atoms with Gasteiger partial charge in [-0.15, -0.1) is 0 Å². The summed E-state index contributed by atoms with van der Waals surface area (Å²) >= 11 is 0. The molecular weight excluding hydrogens is 627 g/mol. The standard InChI is InChI=1S/C51H35N/c1-3-40-33(2)22-23-36-30-37(25-27-41(36)40)51-44-20-11-10-19-43(44)50(45-28-24-35(31-47(45)51)34-14-6-4-7-15-34)38-26-29-49-46(32-38)42-18-12-13-21-48(42)52(49)39-16-8-5-9-17-39/h3-32H,1H2,2H3. The van der Waals surface area contributed by atoms with Crippen LogP contribution in [0.25, 0.3) is 99.3 Å². The molecule has 0 aliphatic rings. The smallest absolute Gasteiger partial charge is 0.0541 e. The van der Waals surface area contributed by atoms with Gasteiger partial charge in [0, 0.05) is 16.5 Å². The fourth-order valence-electron chi connectivity index (χ4n) is 8.48. The van der Waals surface area contributed by atoms with Gasteiger partial charge < -0.3 is 4.57 Å². The molecule has 9 aromatic carbocycles. The van der Waals surface area contributed by atoms with Gasteiger partial charge in [-0.3, -0.25) is 0 Å². The summed E-state index contributed by atoms with van der Waals surface area (Å²) in [6, 6.07) is 64.7. The summed E-state index contributed by atoms with van der Waals surface area (Å²) in [5.41, 5.74) is 13.4. The van der Waals surface area contributed by atoms with E-state index in [1.165, 1.54) is 104 Å². The normalized spacial score (nSPS) is 11.6. The van der Waals surface area contributed by atoms with Crippen LogP contribution in [0.15, 0.2) is 183 Å². The lowest BCUT2D eigenvalue weighted by Gasteiger charge is -2.19. The Bertz CT molecular complexity index is 3020. The third-order valence-electron chi connectivity index (χ3n) is 10.9. The Labute approximate surface area is 303 Å². The van der Waals surface area contributed by atoms with Crippen molar-refractivity contribution in [2.45, 2.75) is 6.92 Å². The number of aryl methyl sites for hydroxylation is 1. The second-order valence-electron chi connectivity index (χ2n) is 13.8. The summed E-state index contributed by atoms with van der Waals surface area (Å²) in [6.07, 6.45) is 1.98. The topological polar surface area (TPSA) is 4.93 Å². The zero-order valence-corrected chi connectivity index (χ0v) is 29.0. The highest BCUT2D eigenvalue weighted by Gasteiger charge is 2.20. The van der Waals surface area contributed by atoms with Gasteiger partial charge in [-0.1, -0.05) is 146 Å². The number of para-hydroxylation sites is 2. The van der Waals surface area contributed by atoms with E-state index in [-0.39, 0.29) is 0 Å². The SMILES string of the molecule is C=Cc1c(C)ccc2cc(-c3c4ccccc4c(-c4ccc5c(c4)c4ccccc4n5-c4ccccc4)c4ccc(-c5ccccc5)cc34)ccc12. The summed E-state index contributed by atoms with van der Waals surface area (Å²) in [5, 5.41) is 9.95. The van der Waals surface area contributed by atoms with Gasteiger partial charge in [0.25, 0.3) is 0 Å². The summed E-state index contributed by atoms with van der Waals surface area (Å²) in [7, 11) is 0. The first-order valence-electron chi connectivity index (χ1n) is 18.0. The maximum Gasteiger partial charge on any atom is 0.0541 e. The molecule has 0 saturated carbocycles. The Morgan fingerprint density at radius 2 is 0.962 bits per heavy atom. The minimum Gasteiger partial charge on any atom is -0.309 e. The first-order valence-corrected chi connectivity index (χ1v) is 18.0. The summed E-state index contributed by atoms with van der Waals surface area (Å²) in [4.78, 5) is 0. The van der Waals surface area contributed by atoms with Gasteiger partial charge in [-0.2, -0.15) is 0 Å². The summed E-state index contributed by atoms with van der Waals surface area (Å²) < 4.78 is 2.39. The van der Waals surface area contributed by atoms with Gasteiger partial charge in [0.2, 0.25) is 0 Å². The molecule has 0 spiro atoms. The largest absolute Gasteiger partial charge is 0.309 e. The zero-order chi connectivity index (χ0) is 34.8. The number of fused-ring (bicyclic) bond motifs is 6. The van der Waals surface area contributed by atoms with Gasteiger partial charge in [0.1, 0.15) is 0 Å². The van der Waals surface area contributed by atoms with Crippen molar-refractivity contribution >= 4 is 60.2 Å². The number of aromatic nitrogens is 1. The lowest BCUT2D eigenvalue weighted by molar-refractivity contribution is 1.18. The second-order valence-corrected chi connectivity index (χ2v) is 13.8. The third-order valence-corrected chi connectivity index (χ3v) is 10.9. The van der Waals surface area contributed by atoms with E-state index in [0.29, 0.717) is 0 Å². The number of rotatable bonds is 5. The molecule has 244 valence electrons. The van der Waals surface area contributed by atoms with Crippen LogP contribution in [0.4, 0.5) is 0 Å². The minimum absolute atomic E-state index is 1.17. The molecule has 10 aromatic rings. The van der Waals surface area contributed by atoms with Crippen molar-refractivity contribution in [2.24, 2.45) is 0 Å². The predicted molar refractivity (Wildman–Crippen MR) is 224 cm³/mol. The molecule has 1 aromatic heterocycles. The molecule has 0 bridgehead atoms. The Morgan fingerprint density at radius 1 is 0.404 bits per heavy atom. The van der Waals surface area contributed by atoms with E-state index in [2.05, 4.69) is 194 Å². The highest BCUT2D eigenvalue weighted by atomic mass is 15.0. The molecule has 0 atom stereocenters. The Morgan fingerprint density at radius 3 is 1.73 bits per heavy atom. The molecule has 0 aliphatic carbocycles. The van der Waals surface area contributed by atoms with E-state index in [1.807, 2.05) is 6.08 Å². The summed E-state index contributed by atoms with van der Waals surface area (Å²) in [6.45, 7) is 6.29. The molecule has 52 heavy (non-hydrogen) atoms. The maximum atomic E-state index is 4.13. The third kappa shape index (κ3) is 4.63. The van der Waals surface area contributed by atoms with Gasteiger partial charge in [-0.25, -0.2) is 0 Å². The molecule has 0 radical (unpaired) electrons. The van der Waals surface area contributed by atoms with Crippen molar-refractivity contribution in [3.05, 3.63) is 194 Å². The van der Waals surface area contributed by atoms with Crippen molar-refractivity contribution in [1.29, 1.82) is 0 Å². The minimum atomic E-state index is 1.17. The van der Waals surface area contributed by atoms with E-state index in [4.69, 9.17) is 0 Å². The zero-order valence-electron chi connectivity index (χ0n) is 29.0. The average molecular weight is 662 g/mol. The molecule has 0 aliphatic heterocycles. The van der Waals surface area contributed by atoms with Crippen molar-refractivity contribution < 1.29 is 0 Å². The molecule has 0 saturated heterocycles. The van der Waals surface area contributed by atoms with E-state index >= 15 is 0 Å². The van der Waals surface area contributed by atoms with Crippen LogP contribution in [0.3, 0.4) is 0 Å². The van der Waals surface area contributed by atoms with Crippen LogP contribution in [0.2, 0.25) is 0 Å². The maximum absolute atomic E-state index is 4.13. The van der Waals surface area contributed by atoms with Crippen LogP contribution >= 0.6 is 0 Å². The highest BCUT2D eigenvalue weighted by molar-refractivity contribution is 6.23. The second kappa shape index (κ2) is 12.0. The van der Waals surface area contributed by atoms with Crippen LogP contribution in [0, 0.1) is 6.92 Å². The molecule has 1 heterocycles. The lowest BCUT2D eigenvalue weighted by atomic mass is 9.84. The van der Waals surface area contributed by atoms with Crippen molar-refractivity contribution in [3.8, 4) is 39.1 Å². The van der Waals surface area contributed by atoms with Gasteiger partial charge >= 0.3 is 0 Å². The van der Waals surface area contributed by atoms with E-state index in [9.17, 15) is 0 Å². The molecule has 0 amide bonds. The van der Waals surface area contributed by atoms with Crippen molar-refractivity contribution in [2.75, 3.05) is 0 Å². The fraction of sp³-hybridized carbons (Fsp3) is 0.0196. The van der Waals surface area contributed by atoms with E-state index in [1.54, 1.807) is 0 Å². The van der Waals surface area contributed by atoms with Crippen LogP contribution in [-0.2, 0) is 0 Å². The van der Waals surface area contributed by atoms with Crippen molar-refractivity contribution in [3.63, 3.8) is 0 Å². The lowest BCUT2D eigenvalue weighted by Crippen LogP contribution is -1.94. The quantitative estimate of drug-likeness (QED) is 0.162. The number of hydrogen-bond acceptors (Lipinski definition) is 0. The van der Waals surface area contributed by atoms with Crippen molar-refractivity contribution in [1.82, 2.24) is 4.57 Å². The molecule has 1 nitrogen and oxygen atoms in total. The van der Waals surface area contributed by atoms with E-state index in [0.717, 1.165) is 0 Å². The molecular formula is C51H35N. The summed E-state index contributed by atoms with van der Waals surface area (Å²) in [5.74, 6) is 0. The molecule has 0 unspecified atom stereocenters. The van der Waals surface area contributed by atoms with Gasteiger partial charge in [-0.05, 0) is 126 Å². The number of nitrogens with zero attached hydrogens (tertiary/aromatic N) is 1. The van der Waals surface area contributed by atoms with Gasteiger partial charge in [0.15, 0.2) is 0 Å². The van der Waals surface area contributed by atoms with Crippen LogP contribution < -0.4 is 0 Å². The fourth-order valence-corrected chi connectivity index (χ4v) is 8.48. The van der Waals surface area contributed by atoms with Crippen LogP contribution in [0.1, 0.15) is 11.1 Å². The first kappa shape index (κ1) is 30.2. The predicted octanol–water partition coefficient (Wildman–Crippen LogP) is 14.2. The Hall–Kier alpha value is -6.70. The molecule has 0 fully saturated rings. The number of benzene rings is 9. The monoisotopic (exact) mass is 661 g/mol. The first-order chi connectivity index (χ1) is 25.7. The molecule has 0 N–H and O–H groups in total. The van der Waals surface area contributed by atoms with Crippen LogP contribution in [-0.4, -0.2) is 4.57 Å². The molecule has 1 heteroatoms. The average Bonchev–Trinajstić information content (AvgIpc) is 3.54. The Kier molecular flexibility index (Phi) is 6.94. The van der Waals surface area contributed by atoms with Crippen LogP contribution in [0.5, 0.6) is 0 Å². The number of hydrogen-bond donors (Lipinski definition) is 0. The Balaban J connectivity index is 1.30.